The number of nitro benzene ring substituents is 1. The molecule has 0 aliphatic rings. The summed E-state index contributed by atoms with van der Waals surface area (Å²) in [4.78, 5) is 21.5. The lowest BCUT2D eigenvalue weighted by Gasteiger charge is -2.02. The Balaban J connectivity index is 2.49. The number of Topliss-reactive ketones (excluding diaryl/α,β-unsaturated/α-hetero) is 1. The molecule has 0 unspecified atom stereocenters. The monoisotopic (exact) mass is 238 g/mol. The van der Waals surface area contributed by atoms with Crippen molar-refractivity contribution in [2.75, 3.05) is 19.7 Å². The normalized spacial score (nSPS) is 10.2. The summed E-state index contributed by atoms with van der Waals surface area (Å²) in [5, 5.41) is 21.8. The maximum Gasteiger partial charge on any atom is 0.269 e. The molecule has 1 rings (SSSR count). The highest BCUT2D eigenvalue weighted by atomic mass is 16.6. The van der Waals surface area contributed by atoms with Gasteiger partial charge in [-0.2, -0.15) is 0 Å². The van der Waals surface area contributed by atoms with E-state index < -0.39 is 4.92 Å². The number of ketones is 1. The number of aliphatic hydroxyl groups is 1. The first-order chi connectivity index (χ1) is 8.15. The Labute approximate surface area is 98.4 Å². The molecule has 1 aromatic rings. The van der Waals surface area contributed by atoms with E-state index in [0.29, 0.717) is 18.5 Å². The number of non-ortho nitro benzene ring substituents is 1. The number of hydrogen-bond donors (Lipinski definition) is 2. The van der Waals surface area contributed by atoms with Crippen LogP contribution in [-0.2, 0) is 0 Å². The lowest BCUT2D eigenvalue weighted by atomic mass is 10.1. The number of nitro groups is 1. The van der Waals surface area contributed by atoms with Crippen molar-refractivity contribution < 1.29 is 14.8 Å². The number of rotatable bonds is 7. The van der Waals surface area contributed by atoms with Crippen molar-refractivity contribution in [3.8, 4) is 0 Å². The minimum absolute atomic E-state index is 0.0326. The van der Waals surface area contributed by atoms with Crippen molar-refractivity contribution in [2.45, 2.75) is 6.42 Å². The summed E-state index contributed by atoms with van der Waals surface area (Å²) in [6.07, 6.45) is 0.591. The summed E-state index contributed by atoms with van der Waals surface area (Å²) >= 11 is 0. The fraction of sp³-hybridized carbons (Fsp3) is 0.364. The third-order valence-corrected chi connectivity index (χ3v) is 2.20. The zero-order valence-electron chi connectivity index (χ0n) is 9.26. The van der Waals surface area contributed by atoms with Gasteiger partial charge in [0.15, 0.2) is 5.78 Å². The summed E-state index contributed by atoms with van der Waals surface area (Å²) in [6.45, 7) is 0.811. The molecule has 0 saturated carbocycles. The van der Waals surface area contributed by atoms with Gasteiger partial charge >= 0.3 is 0 Å². The van der Waals surface area contributed by atoms with E-state index in [1.165, 1.54) is 24.3 Å². The van der Waals surface area contributed by atoms with E-state index in [2.05, 4.69) is 5.32 Å². The third kappa shape index (κ3) is 4.29. The first kappa shape index (κ1) is 13.3. The number of carbonyl (C=O) groups is 1. The van der Waals surface area contributed by atoms with E-state index in [1.54, 1.807) is 0 Å². The van der Waals surface area contributed by atoms with Gasteiger partial charge in [-0.25, -0.2) is 0 Å². The Bertz CT molecular complexity index is 389. The molecular formula is C11H14N2O4. The Morgan fingerprint density at radius 1 is 1.35 bits per heavy atom. The van der Waals surface area contributed by atoms with Crippen molar-refractivity contribution in [1.29, 1.82) is 0 Å². The largest absolute Gasteiger partial charge is 0.396 e. The van der Waals surface area contributed by atoms with Crippen molar-refractivity contribution in [1.82, 2.24) is 5.32 Å². The molecule has 2 N–H and O–H groups in total. The fourth-order valence-corrected chi connectivity index (χ4v) is 1.28. The van der Waals surface area contributed by atoms with Crippen LogP contribution in [0.4, 0.5) is 5.69 Å². The van der Waals surface area contributed by atoms with Gasteiger partial charge in [-0.15, -0.1) is 0 Å². The van der Waals surface area contributed by atoms with Crippen LogP contribution in [0.2, 0.25) is 0 Å². The molecule has 0 bridgehead atoms. The van der Waals surface area contributed by atoms with Gasteiger partial charge in [0.25, 0.3) is 5.69 Å². The molecule has 0 amide bonds. The highest BCUT2D eigenvalue weighted by molar-refractivity contribution is 5.97. The van der Waals surface area contributed by atoms with Crippen LogP contribution in [0.1, 0.15) is 16.8 Å². The average molecular weight is 238 g/mol. The fourth-order valence-electron chi connectivity index (χ4n) is 1.28. The van der Waals surface area contributed by atoms with Crippen LogP contribution in [0.25, 0.3) is 0 Å². The molecule has 0 aliphatic carbocycles. The zero-order chi connectivity index (χ0) is 12.7. The van der Waals surface area contributed by atoms with Crippen molar-refractivity contribution in [3.05, 3.63) is 39.9 Å². The van der Waals surface area contributed by atoms with Gasteiger partial charge in [0.05, 0.1) is 11.5 Å². The molecule has 0 fully saturated rings. The van der Waals surface area contributed by atoms with Crippen molar-refractivity contribution in [2.24, 2.45) is 0 Å². The van der Waals surface area contributed by atoms with E-state index in [1.807, 2.05) is 0 Å². The van der Waals surface area contributed by atoms with Crippen LogP contribution < -0.4 is 5.32 Å². The number of aliphatic hydroxyl groups excluding tert-OH is 1. The standard InChI is InChI=1S/C11H14N2O4/c14-7-1-6-12-8-11(15)9-2-4-10(5-3-9)13(16)17/h2-5,12,14H,1,6-8H2. The van der Waals surface area contributed by atoms with Crippen LogP contribution in [0.5, 0.6) is 0 Å². The maximum absolute atomic E-state index is 11.6. The smallest absolute Gasteiger partial charge is 0.269 e. The summed E-state index contributed by atoms with van der Waals surface area (Å²) in [7, 11) is 0. The van der Waals surface area contributed by atoms with Gasteiger partial charge in [0.1, 0.15) is 0 Å². The van der Waals surface area contributed by atoms with E-state index >= 15 is 0 Å². The second-order valence-corrected chi connectivity index (χ2v) is 3.48. The van der Waals surface area contributed by atoms with Crippen molar-refractivity contribution in [3.63, 3.8) is 0 Å². The second-order valence-electron chi connectivity index (χ2n) is 3.48. The van der Waals surface area contributed by atoms with Crippen molar-refractivity contribution >= 4 is 11.5 Å². The van der Waals surface area contributed by atoms with Crippen LogP contribution in [0.15, 0.2) is 24.3 Å². The van der Waals surface area contributed by atoms with Gasteiger partial charge in [-0.1, -0.05) is 0 Å². The van der Waals surface area contributed by atoms with E-state index in [-0.39, 0.29) is 24.6 Å². The molecular weight excluding hydrogens is 224 g/mol. The molecule has 0 heterocycles. The molecule has 0 aliphatic heterocycles. The Morgan fingerprint density at radius 3 is 2.53 bits per heavy atom. The summed E-state index contributed by atoms with van der Waals surface area (Å²) in [5.41, 5.74) is 0.405. The third-order valence-electron chi connectivity index (χ3n) is 2.20. The predicted molar refractivity (Wildman–Crippen MR) is 62.0 cm³/mol. The number of nitrogens with zero attached hydrogens (tertiary/aromatic N) is 1. The maximum atomic E-state index is 11.6. The lowest BCUT2D eigenvalue weighted by molar-refractivity contribution is -0.384. The first-order valence-electron chi connectivity index (χ1n) is 5.24. The van der Waals surface area contributed by atoms with Gasteiger partial charge in [0.2, 0.25) is 0 Å². The Morgan fingerprint density at radius 2 is 2.00 bits per heavy atom. The summed E-state index contributed by atoms with van der Waals surface area (Å²) in [6, 6.07) is 5.49. The second kappa shape index (κ2) is 6.72. The van der Waals surface area contributed by atoms with Crippen LogP contribution in [-0.4, -0.2) is 35.5 Å². The zero-order valence-corrected chi connectivity index (χ0v) is 9.26. The molecule has 0 aromatic heterocycles. The number of hydrogen-bond acceptors (Lipinski definition) is 5. The van der Waals surface area contributed by atoms with E-state index in [4.69, 9.17) is 5.11 Å². The minimum Gasteiger partial charge on any atom is -0.396 e. The van der Waals surface area contributed by atoms with Crippen LogP contribution in [0, 0.1) is 10.1 Å². The van der Waals surface area contributed by atoms with Crippen LogP contribution >= 0.6 is 0 Å². The molecule has 0 atom stereocenters. The van der Waals surface area contributed by atoms with Gasteiger partial charge < -0.3 is 10.4 Å². The number of carbonyl (C=O) groups excluding carboxylic acids is 1. The molecule has 1 aromatic carbocycles. The molecule has 17 heavy (non-hydrogen) atoms. The molecule has 0 saturated heterocycles. The van der Waals surface area contributed by atoms with Gasteiger partial charge in [0, 0.05) is 24.3 Å². The minimum atomic E-state index is -0.506. The van der Waals surface area contributed by atoms with Gasteiger partial charge in [-0.05, 0) is 25.1 Å². The highest BCUT2D eigenvalue weighted by Gasteiger charge is 2.08. The topological polar surface area (TPSA) is 92.5 Å². The Kier molecular flexibility index (Phi) is 5.25. The number of nitrogens with one attached hydrogen (secondary N) is 1. The predicted octanol–water partition coefficient (Wildman–Crippen LogP) is 0.750. The lowest BCUT2D eigenvalue weighted by Crippen LogP contribution is -2.24. The quantitative estimate of drug-likeness (QED) is 0.316. The molecule has 92 valence electrons. The molecule has 6 heteroatoms. The molecule has 6 nitrogen and oxygen atoms in total. The first-order valence-corrected chi connectivity index (χ1v) is 5.24. The van der Waals surface area contributed by atoms with E-state index in [0.717, 1.165) is 0 Å². The van der Waals surface area contributed by atoms with Gasteiger partial charge in [-0.3, -0.25) is 14.9 Å². The highest BCUT2D eigenvalue weighted by Crippen LogP contribution is 2.11. The van der Waals surface area contributed by atoms with E-state index in [9.17, 15) is 14.9 Å². The molecule has 0 radical (unpaired) electrons. The van der Waals surface area contributed by atoms with Crippen LogP contribution in [0.3, 0.4) is 0 Å². The summed E-state index contributed by atoms with van der Waals surface area (Å²) in [5.74, 6) is -0.127. The average Bonchev–Trinajstić information content (AvgIpc) is 2.34. The Hall–Kier alpha value is -1.79. The summed E-state index contributed by atoms with van der Waals surface area (Å²) < 4.78 is 0. The SMILES string of the molecule is O=C(CNCCCO)c1ccc([N+](=O)[O-])cc1. The molecule has 0 spiro atoms. The number of benzene rings is 1.